The number of aromatic nitrogens is 4. The Hall–Kier alpha value is -3.00. The van der Waals surface area contributed by atoms with Crippen molar-refractivity contribution >= 4 is 23.1 Å². The molecule has 4 heterocycles. The number of hydrogen-bond donors (Lipinski definition) is 4. The van der Waals surface area contributed by atoms with E-state index >= 15 is 0 Å². The van der Waals surface area contributed by atoms with Gasteiger partial charge in [0.1, 0.15) is 18.3 Å². The number of rotatable bonds is 7. The van der Waals surface area contributed by atoms with Crippen LogP contribution in [0.15, 0.2) is 22.2 Å². The van der Waals surface area contributed by atoms with Crippen LogP contribution in [0.4, 0.5) is 5.95 Å². The molecule has 4 rings (SSSR count). The molecular formula is C18H23N5O8. The largest absolute Gasteiger partial charge is 0.481 e. The summed E-state index contributed by atoms with van der Waals surface area (Å²) < 4.78 is 20.1. The lowest BCUT2D eigenvalue weighted by atomic mass is 10.1. The van der Waals surface area contributed by atoms with Crippen LogP contribution in [0.3, 0.4) is 0 Å². The van der Waals surface area contributed by atoms with Gasteiger partial charge in [-0.25, -0.2) is 9.36 Å². The number of nitrogen functional groups attached to an aromatic ring is 1. The van der Waals surface area contributed by atoms with Gasteiger partial charge in [0.15, 0.2) is 23.2 Å². The first-order valence-electron chi connectivity index (χ1n) is 9.64. The number of allylic oxidation sites excluding steroid dienone is 1. The summed E-state index contributed by atoms with van der Waals surface area (Å²) in [5.74, 6) is -2.46. The molecule has 0 aromatic carbocycles. The van der Waals surface area contributed by atoms with Crippen LogP contribution < -0.4 is 17.0 Å². The van der Waals surface area contributed by atoms with E-state index in [0.717, 1.165) is 4.57 Å². The third kappa shape index (κ3) is 3.44. The Labute approximate surface area is 174 Å². The molecule has 0 spiro atoms. The highest BCUT2D eigenvalue weighted by Gasteiger charge is 2.57. The van der Waals surface area contributed by atoms with Crippen LogP contribution in [0.2, 0.25) is 0 Å². The van der Waals surface area contributed by atoms with Crippen LogP contribution in [-0.4, -0.2) is 66.0 Å². The third-order valence-corrected chi connectivity index (χ3v) is 5.43. The topological polar surface area (TPSA) is 184 Å². The van der Waals surface area contributed by atoms with E-state index in [9.17, 15) is 19.5 Å². The molecule has 0 bridgehead atoms. The van der Waals surface area contributed by atoms with Crippen molar-refractivity contribution in [2.24, 2.45) is 0 Å². The second-order valence-electron chi connectivity index (χ2n) is 7.62. The van der Waals surface area contributed by atoms with Gasteiger partial charge in [-0.3, -0.25) is 19.1 Å². The lowest BCUT2D eigenvalue weighted by Crippen LogP contribution is -2.35. The Balaban J connectivity index is 1.82. The molecule has 2 aliphatic heterocycles. The molecule has 2 fully saturated rings. The summed E-state index contributed by atoms with van der Waals surface area (Å²) in [5.41, 5.74) is 4.45. The molecule has 13 heteroatoms. The summed E-state index contributed by atoms with van der Waals surface area (Å²) in [6.45, 7) is 4.81. The van der Waals surface area contributed by atoms with Crippen molar-refractivity contribution in [2.45, 2.75) is 56.6 Å². The molecule has 2 saturated heterocycles. The molecule has 1 unspecified atom stereocenters. The molecule has 2 aliphatic rings. The highest BCUT2D eigenvalue weighted by atomic mass is 16.8. The Bertz CT molecular complexity index is 1150. The van der Waals surface area contributed by atoms with Crippen LogP contribution in [-0.2, 0) is 25.5 Å². The number of anilines is 1. The molecule has 31 heavy (non-hydrogen) atoms. The van der Waals surface area contributed by atoms with Crippen molar-refractivity contribution in [1.82, 2.24) is 19.1 Å². The van der Waals surface area contributed by atoms with Crippen molar-refractivity contribution in [3.05, 3.63) is 33.5 Å². The highest BCUT2D eigenvalue weighted by Crippen LogP contribution is 2.44. The first-order chi connectivity index (χ1) is 14.7. The van der Waals surface area contributed by atoms with Crippen molar-refractivity contribution in [3.8, 4) is 0 Å². The molecule has 168 valence electrons. The number of imidazole rings is 1. The van der Waals surface area contributed by atoms with Gasteiger partial charge in [0, 0.05) is 13.0 Å². The van der Waals surface area contributed by atoms with Gasteiger partial charge < -0.3 is 30.2 Å². The molecular weight excluding hydrogens is 414 g/mol. The average Bonchev–Trinajstić information content (AvgIpc) is 3.29. The van der Waals surface area contributed by atoms with E-state index in [1.807, 2.05) is 0 Å². The predicted molar refractivity (Wildman–Crippen MR) is 105 cm³/mol. The number of hydrogen-bond acceptors (Lipinski definition) is 9. The summed E-state index contributed by atoms with van der Waals surface area (Å²) in [6, 6.07) is 0. The maximum absolute atomic E-state index is 13.2. The maximum atomic E-state index is 13.2. The van der Waals surface area contributed by atoms with Crippen LogP contribution in [0.5, 0.6) is 0 Å². The van der Waals surface area contributed by atoms with E-state index in [1.165, 1.54) is 10.6 Å². The van der Waals surface area contributed by atoms with E-state index in [0.29, 0.717) is 0 Å². The van der Waals surface area contributed by atoms with Crippen molar-refractivity contribution in [1.29, 1.82) is 0 Å². The predicted octanol–water partition coefficient (Wildman–Crippen LogP) is -1.09. The minimum atomic E-state index is -1.25. The number of nitrogens with zero attached hydrogens (tertiary/aromatic N) is 3. The van der Waals surface area contributed by atoms with Crippen LogP contribution in [0.25, 0.3) is 11.2 Å². The first-order valence-corrected chi connectivity index (χ1v) is 9.64. The van der Waals surface area contributed by atoms with Gasteiger partial charge in [0.2, 0.25) is 5.95 Å². The first kappa shape index (κ1) is 21.2. The zero-order valence-corrected chi connectivity index (χ0v) is 16.7. The summed E-state index contributed by atoms with van der Waals surface area (Å²) in [6.07, 6.45) is -2.26. The van der Waals surface area contributed by atoms with Gasteiger partial charge in [-0.05, 0) is 6.92 Å². The number of aliphatic carboxylic acids is 1. The second kappa shape index (κ2) is 7.60. The zero-order valence-electron chi connectivity index (χ0n) is 16.7. The SMILES string of the molecule is C=CCn1c(=O)n([C@@H]2O[C@H](CO)[C@H]3OC(C)(CCC(=O)O)O[C@H]32)c2nc(N)[nH]c(=O)c21. The molecule has 0 radical (unpaired) electrons. The van der Waals surface area contributed by atoms with Gasteiger partial charge >= 0.3 is 11.7 Å². The number of nitrogens with one attached hydrogen (secondary N) is 1. The number of nitrogens with two attached hydrogens (primary N) is 1. The molecule has 5 atom stereocenters. The lowest BCUT2D eigenvalue weighted by molar-refractivity contribution is -0.214. The summed E-state index contributed by atoms with van der Waals surface area (Å²) in [4.78, 5) is 43.2. The number of aliphatic hydroxyl groups excluding tert-OH is 1. The Morgan fingerprint density at radius 1 is 1.39 bits per heavy atom. The number of H-pyrrole nitrogens is 1. The monoisotopic (exact) mass is 437 g/mol. The Morgan fingerprint density at radius 2 is 2.10 bits per heavy atom. The fourth-order valence-electron chi connectivity index (χ4n) is 4.11. The van der Waals surface area contributed by atoms with Gasteiger partial charge in [0.05, 0.1) is 13.0 Å². The van der Waals surface area contributed by atoms with E-state index in [2.05, 4.69) is 16.5 Å². The van der Waals surface area contributed by atoms with Gasteiger partial charge in [0.25, 0.3) is 5.56 Å². The molecule has 5 N–H and O–H groups in total. The zero-order chi connectivity index (χ0) is 22.5. The minimum Gasteiger partial charge on any atom is -0.481 e. The Kier molecular flexibility index (Phi) is 5.21. The normalized spacial score (nSPS) is 30.0. The smallest absolute Gasteiger partial charge is 0.333 e. The summed E-state index contributed by atoms with van der Waals surface area (Å²) >= 11 is 0. The summed E-state index contributed by atoms with van der Waals surface area (Å²) in [5, 5.41) is 18.8. The summed E-state index contributed by atoms with van der Waals surface area (Å²) in [7, 11) is 0. The quantitative estimate of drug-likeness (QED) is 0.388. The fourth-order valence-corrected chi connectivity index (χ4v) is 4.11. The van der Waals surface area contributed by atoms with Crippen LogP contribution in [0.1, 0.15) is 26.0 Å². The van der Waals surface area contributed by atoms with E-state index in [-0.39, 0.29) is 36.5 Å². The van der Waals surface area contributed by atoms with Gasteiger partial charge in [-0.1, -0.05) is 6.08 Å². The van der Waals surface area contributed by atoms with Crippen molar-refractivity contribution in [3.63, 3.8) is 0 Å². The number of fused-ring (bicyclic) bond motifs is 2. The van der Waals surface area contributed by atoms with Crippen molar-refractivity contribution in [2.75, 3.05) is 12.3 Å². The number of carboxylic acids is 1. The molecule has 0 aliphatic carbocycles. The molecule has 2 aromatic heterocycles. The van der Waals surface area contributed by atoms with E-state index < -0.39 is 54.2 Å². The molecule has 0 saturated carbocycles. The standard InChI is InChI=1S/C18H23N5O8/c1-3-6-22-10-13(20-16(19)21-14(10)27)23(17(22)28)15-12-11(8(7-24)29-15)30-18(2,31-12)5-4-9(25)26/h3,8,11-12,15,24H,1,4-7H2,2H3,(H,25,26)(H3,19,20,21,27)/t8-,11-,12-,15-,18?/m1/s1. The fraction of sp³-hybridized carbons (Fsp3) is 0.556. The molecule has 0 amide bonds. The van der Waals surface area contributed by atoms with Crippen molar-refractivity contribution < 1.29 is 29.2 Å². The van der Waals surface area contributed by atoms with Crippen LogP contribution >= 0.6 is 0 Å². The highest BCUT2D eigenvalue weighted by molar-refractivity contribution is 5.72. The second-order valence-corrected chi connectivity index (χ2v) is 7.62. The van der Waals surface area contributed by atoms with Gasteiger partial charge in [-0.15, -0.1) is 6.58 Å². The number of carboxylic acid groups (broad SMARTS) is 1. The number of aromatic amines is 1. The van der Waals surface area contributed by atoms with E-state index in [4.69, 9.17) is 25.1 Å². The lowest BCUT2D eigenvalue weighted by Gasteiger charge is -2.27. The molecule has 13 nitrogen and oxygen atoms in total. The van der Waals surface area contributed by atoms with Gasteiger partial charge in [-0.2, -0.15) is 4.98 Å². The maximum Gasteiger partial charge on any atom is 0.333 e. The number of ether oxygens (including phenoxy) is 3. The third-order valence-electron chi connectivity index (χ3n) is 5.43. The number of aliphatic hydroxyl groups is 1. The van der Waals surface area contributed by atoms with Crippen LogP contribution in [0, 0.1) is 0 Å². The van der Waals surface area contributed by atoms with E-state index in [1.54, 1.807) is 6.92 Å². The average molecular weight is 437 g/mol. The number of carbonyl (C=O) groups is 1. The minimum absolute atomic E-state index is 0.0146. The Morgan fingerprint density at radius 3 is 2.74 bits per heavy atom. The molecule has 2 aromatic rings.